The lowest BCUT2D eigenvalue weighted by molar-refractivity contribution is 0.0697. The van der Waals surface area contributed by atoms with Gasteiger partial charge >= 0.3 is 5.97 Å². The highest BCUT2D eigenvalue weighted by molar-refractivity contribution is 6.31. The number of benzene rings is 1. The first kappa shape index (κ1) is 11.2. The Morgan fingerprint density at radius 3 is 2.82 bits per heavy atom. The first-order valence-corrected chi connectivity index (χ1v) is 5.12. The van der Waals surface area contributed by atoms with Gasteiger partial charge < -0.3 is 9.67 Å². The molecule has 0 unspecified atom stereocenters. The van der Waals surface area contributed by atoms with Gasteiger partial charge in [-0.15, -0.1) is 0 Å². The van der Waals surface area contributed by atoms with Crippen molar-refractivity contribution in [3.8, 4) is 11.8 Å². The third kappa shape index (κ3) is 2.01. The third-order valence-electron chi connectivity index (χ3n) is 2.31. The predicted octanol–water partition coefficient (Wildman–Crippen LogP) is 2.70. The van der Waals surface area contributed by atoms with Gasteiger partial charge in [0.15, 0.2) is 0 Å². The van der Waals surface area contributed by atoms with Crippen molar-refractivity contribution in [1.29, 1.82) is 5.26 Å². The second-order valence-corrected chi connectivity index (χ2v) is 3.78. The number of carbonyl (C=O) groups is 1. The summed E-state index contributed by atoms with van der Waals surface area (Å²) < 4.78 is 1.51. The minimum absolute atomic E-state index is 0.0604. The van der Waals surface area contributed by atoms with Gasteiger partial charge in [0.05, 0.1) is 11.3 Å². The van der Waals surface area contributed by atoms with Crippen molar-refractivity contribution >= 4 is 17.6 Å². The summed E-state index contributed by atoms with van der Waals surface area (Å²) in [5.41, 5.74) is 0.850. The van der Waals surface area contributed by atoms with E-state index in [2.05, 4.69) is 0 Å². The van der Waals surface area contributed by atoms with Crippen molar-refractivity contribution in [2.24, 2.45) is 0 Å². The minimum atomic E-state index is -1.08. The molecule has 4 nitrogen and oxygen atoms in total. The number of carboxylic acids is 1. The zero-order valence-electron chi connectivity index (χ0n) is 8.59. The van der Waals surface area contributed by atoms with Crippen LogP contribution in [0.1, 0.15) is 16.1 Å². The number of rotatable bonds is 2. The van der Waals surface area contributed by atoms with Gasteiger partial charge in [-0.05, 0) is 30.3 Å². The number of carboxylic acid groups (broad SMARTS) is 1. The zero-order chi connectivity index (χ0) is 12.4. The molecule has 1 heterocycles. The molecule has 0 spiro atoms. The van der Waals surface area contributed by atoms with Crippen molar-refractivity contribution in [1.82, 2.24) is 4.57 Å². The smallest absolute Gasteiger partial charge is 0.337 e. The minimum Gasteiger partial charge on any atom is -0.478 e. The van der Waals surface area contributed by atoms with Crippen molar-refractivity contribution < 1.29 is 9.90 Å². The highest BCUT2D eigenvalue weighted by Gasteiger charge is 2.13. The van der Waals surface area contributed by atoms with E-state index in [1.165, 1.54) is 10.6 Å². The maximum absolute atomic E-state index is 11.1. The van der Waals surface area contributed by atoms with Crippen molar-refractivity contribution in [2.45, 2.75) is 0 Å². The van der Waals surface area contributed by atoms with E-state index in [-0.39, 0.29) is 5.56 Å². The van der Waals surface area contributed by atoms with Crippen molar-refractivity contribution in [2.75, 3.05) is 0 Å². The van der Waals surface area contributed by atoms with Crippen LogP contribution in [0.4, 0.5) is 0 Å². The molecule has 0 aliphatic heterocycles. The summed E-state index contributed by atoms with van der Waals surface area (Å²) in [6.07, 6.45) is 1.63. The predicted molar refractivity (Wildman–Crippen MR) is 62.5 cm³/mol. The topological polar surface area (TPSA) is 66.0 Å². The standard InChI is InChI=1S/C12H7ClN2O2/c13-8-3-4-11(10(6-8)12(16)17)15-5-1-2-9(15)7-14/h1-6H,(H,16,17). The van der Waals surface area contributed by atoms with Gasteiger partial charge in [-0.3, -0.25) is 0 Å². The average molecular weight is 247 g/mol. The molecule has 0 aliphatic carbocycles. The number of halogens is 1. The van der Waals surface area contributed by atoms with Gasteiger partial charge in [0.25, 0.3) is 0 Å². The summed E-state index contributed by atoms with van der Waals surface area (Å²) in [5.74, 6) is -1.08. The largest absolute Gasteiger partial charge is 0.478 e. The molecule has 84 valence electrons. The number of aromatic carboxylic acids is 1. The Kier molecular flexibility index (Phi) is 2.86. The van der Waals surface area contributed by atoms with Crippen LogP contribution in [0.5, 0.6) is 0 Å². The van der Waals surface area contributed by atoms with Crippen LogP contribution in [-0.4, -0.2) is 15.6 Å². The summed E-state index contributed by atoms with van der Waals surface area (Å²) in [5, 5.41) is 18.4. The van der Waals surface area contributed by atoms with Crippen molar-refractivity contribution in [3.05, 3.63) is 52.8 Å². The van der Waals surface area contributed by atoms with E-state index in [0.717, 1.165) is 0 Å². The Balaban J connectivity index is 2.68. The van der Waals surface area contributed by atoms with Gasteiger partial charge in [-0.2, -0.15) is 5.26 Å². The number of nitriles is 1. The van der Waals surface area contributed by atoms with Gasteiger partial charge in [-0.1, -0.05) is 11.6 Å². The van der Waals surface area contributed by atoms with Crippen LogP contribution < -0.4 is 0 Å². The molecule has 5 heteroatoms. The fourth-order valence-corrected chi connectivity index (χ4v) is 1.74. The molecule has 1 N–H and O–H groups in total. The van der Waals surface area contributed by atoms with Crippen LogP contribution in [0.15, 0.2) is 36.5 Å². The number of hydrogen-bond acceptors (Lipinski definition) is 2. The van der Waals surface area contributed by atoms with Crippen molar-refractivity contribution in [3.63, 3.8) is 0 Å². The summed E-state index contributed by atoms with van der Waals surface area (Å²) in [7, 11) is 0. The Morgan fingerprint density at radius 2 is 2.18 bits per heavy atom. The quantitative estimate of drug-likeness (QED) is 0.886. The maximum Gasteiger partial charge on any atom is 0.337 e. The molecule has 0 bridgehead atoms. The van der Waals surface area contributed by atoms with Gasteiger partial charge in [-0.25, -0.2) is 4.79 Å². The Bertz CT molecular complexity index is 626. The van der Waals surface area contributed by atoms with Crippen LogP contribution in [0.2, 0.25) is 5.02 Å². The molecule has 1 aromatic carbocycles. The lowest BCUT2D eigenvalue weighted by Gasteiger charge is -2.08. The first-order chi connectivity index (χ1) is 8.13. The second-order valence-electron chi connectivity index (χ2n) is 3.34. The lowest BCUT2D eigenvalue weighted by Crippen LogP contribution is -2.05. The number of aromatic nitrogens is 1. The summed E-state index contributed by atoms with van der Waals surface area (Å²) in [6.45, 7) is 0. The van der Waals surface area contributed by atoms with Crippen LogP contribution in [-0.2, 0) is 0 Å². The SMILES string of the molecule is N#Cc1cccn1-c1ccc(Cl)cc1C(=O)O. The first-order valence-electron chi connectivity index (χ1n) is 4.74. The summed E-state index contributed by atoms with van der Waals surface area (Å²) in [4.78, 5) is 11.1. The average Bonchev–Trinajstić information content (AvgIpc) is 2.76. The van der Waals surface area contributed by atoms with Crippen LogP contribution >= 0.6 is 11.6 Å². The number of hydrogen-bond donors (Lipinski definition) is 1. The normalized spacial score (nSPS) is 9.88. The zero-order valence-corrected chi connectivity index (χ0v) is 9.35. The molecule has 0 fully saturated rings. The van der Waals surface area contributed by atoms with Gasteiger partial charge in [0, 0.05) is 11.2 Å². The van der Waals surface area contributed by atoms with E-state index < -0.39 is 5.97 Å². The fourth-order valence-electron chi connectivity index (χ4n) is 1.57. The molecule has 1 aromatic heterocycles. The van der Waals surface area contributed by atoms with Gasteiger partial charge in [0.2, 0.25) is 0 Å². The Morgan fingerprint density at radius 1 is 1.41 bits per heavy atom. The molecular weight excluding hydrogens is 240 g/mol. The molecular formula is C12H7ClN2O2. The lowest BCUT2D eigenvalue weighted by atomic mass is 10.1. The van der Waals surface area contributed by atoms with Crippen LogP contribution in [0, 0.1) is 11.3 Å². The van der Waals surface area contributed by atoms with E-state index in [1.54, 1.807) is 30.5 Å². The van der Waals surface area contributed by atoms with E-state index in [4.69, 9.17) is 22.0 Å². The molecule has 2 rings (SSSR count). The molecule has 0 saturated carbocycles. The Hall–Kier alpha value is -2.25. The van der Waals surface area contributed by atoms with E-state index in [0.29, 0.717) is 16.4 Å². The highest BCUT2D eigenvalue weighted by Crippen LogP contribution is 2.21. The van der Waals surface area contributed by atoms with E-state index in [9.17, 15) is 4.79 Å². The van der Waals surface area contributed by atoms with Gasteiger partial charge in [0.1, 0.15) is 11.8 Å². The Labute approximate surface area is 102 Å². The third-order valence-corrected chi connectivity index (χ3v) is 2.55. The molecule has 2 aromatic rings. The monoisotopic (exact) mass is 246 g/mol. The molecule has 0 saturated heterocycles. The molecule has 0 amide bonds. The highest BCUT2D eigenvalue weighted by atomic mass is 35.5. The second kappa shape index (κ2) is 4.32. The summed E-state index contributed by atoms with van der Waals surface area (Å²) >= 11 is 5.76. The maximum atomic E-state index is 11.1. The molecule has 0 atom stereocenters. The van der Waals surface area contributed by atoms with E-state index >= 15 is 0 Å². The van der Waals surface area contributed by atoms with Crippen LogP contribution in [0.25, 0.3) is 5.69 Å². The van der Waals surface area contributed by atoms with E-state index in [1.807, 2.05) is 6.07 Å². The van der Waals surface area contributed by atoms with Crippen LogP contribution in [0.3, 0.4) is 0 Å². The molecule has 0 radical (unpaired) electrons. The summed E-state index contributed by atoms with van der Waals surface area (Å²) in [6, 6.07) is 9.81. The molecule has 17 heavy (non-hydrogen) atoms. The number of nitrogens with zero attached hydrogens (tertiary/aromatic N) is 2. The molecule has 0 aliphatic rings. The fraction of sp³-hybridized carbons (Fsp3) is 0.